The van der Waals surface area contributed by atoms with Gasteiger partial charge in [-0.15, -0.1) is 6.58 Å². The van der Waals surface area contributed by atoms with Crippen LogP contribution in [0.25, 0.3) is 0 Å². The number of para-hydroxylation sites is 1. The van der Waals surface area contributed by atoms with Crippen LogP contribution in [0.5, 0.6) is 5.75 Å². The van der Waals surface area contributed by atoms with Gasteiger partial charge in [0.25, 0.3) is 0 Å². The zero-order valence-electron chi connectivity index (χ0n) is 14.3. The molecule has 1 aromatic carbocycles. The van der Waals surface area contributed by atoms with Gasteiger partial charge in [0.15, 0.2) is 0 Å². The minimum absolute atomic E-state index is 0.510. The van der Waals surface area contributed by atoms with E-state index in [4.69, 9.17) is 24.5 Å². The van der Waals surface area contributed by atoms with Crippen LogP contribution in [-0.4, -0.2) is 41.8 Å². The van der Waals surface area contributed by atoms with Crippen molar-refractivity contribution in [3.8, 4) is 5.75 Å². The van der Waals surface area contributed by atoms with Crippen molar-refractivity contribution in [2.24, 2.45) is 0 Å². The van der Waals surface area contributed by atoms with Crippen molar-refractivity contribution in [1.82, 2.24) is 5.32 Å². The molecule has 0 heterocycles. The molecule has 6 nitrogen and oxygen atoms in total. The summed E-state index contributed by atoms with van der Waals surface area (Å²) in [6, 6.07) is 8.31. The molecule has 6 heteroatoms. The Labute approximate surface area is 143 Å². The Kier molecular flexibility index (Phi) is 11.9. The van der Waals surface area contributed by atoms with Gasteiger partial charge in [-0.1, -0.05) is 38.1 Å². The number of nitrogens with one attached hydrogen (secondary N) is 1. The maximum absolute atomic E-state index is 9.10. The summed E-state index contributed by atoms with van der Waals surface area (Å²) in [6.07, 6.45) is 4.10. The predicted octanol–water partition coefficient (Wildman–Crippen LogP) is 2.90. The van der Waals surface area contributed by atoms with Gasteiger partial charge in [0.1, 0.15) is 5.75 Å². The van der Waals surface area contributed by atoms with Crippen molar-refractivity contribution in [2.45, 2.75) is 32.6 Å². The molecule has 0 aliphatic rings. The number of carboxylic acid groups (broad SMARTS) is 2. The smallest absolute Gasteiger partial charge is 0.414 e. The number of aliphatic carboxylic acids is 2. The average Bonchev–Trinajstić information content (AvgIpc) is 2.54. The third-order valence-corrected chi connectivity index (χ3v) is 3.02. The summed E-state index contributed by atoms with van der Waals surface area (Å²) in [5, 5.41) is 18.1. The highest BCUT2D eigenvalue weighted by atomic mass is 16.5. The molecule has 0 saturated carbocycles. The lowest BCUT2D eigenvalue weighted by molar-refractivity contribution is -0.159. The largest absolute Gasteiger partial charge is 0.493 e. The highest BCUT2D eigenvalue weighted by Gasteiger charge is 2.06. The molecule has 0 aliphatic carbocycles. The van der Waals surface area contributed by atoms with Crippen LogP contribution in [0.2, 0.25) is 0 Å². The number of ether oxygens (including phenoxy) is 1. The van der Waals surface area contributed by atoms with Crippen LogP contribution in [-0.2, 0) is 9.59 Å². The van der Waals surface area contributed by atoms with Crippen molar-refractivity contribution in [3.63, 3.8) is 0 Å². The van der Waals surface area contributed by atoms with E-state index in [0.717, 1.165) is 38.3 Å². The van der Waals surface area contributed by atoms with Crippen molar-refractivity contribution < 1.29 is 24.5 Å². The fraction of sp³-hybridized carbons (Fsp3) is 0.444. The molecular formula is C18H27NO5. The second-order valence-corrected chi connectivity index (χ2v) is 5.35. The van der Waals surface area contributed by atoms with Crippen LogP contribution >= 0.6 is 0 Å². The van der Waals surface area contributed by atoms with E-state index in [1.165, 1.54) is 5.56 Å². The molecule has 24 heavy (non-hydrogen) atoms. The standard InChI is InChI=1S/C16H25NO.C2H2O4/c1-4-11-17-12-7-8-13-18-16-10-6-5-9-15(16)14(2)3;3-1(4)2(5)6/h4-6,9-10,14,17H,1,7-8,11-13H2,2-3H3;(H,3,4)(H,5,6). The van der Waals surface area contributed by atoms with E-state index >= 15 is 0 Å². The summed E-state index contributed by atoms with van der Waals surface area (Å²) < 4.78 is 5.86. The van der Waals surface area contributed by atoms with E-state index in [-0.39, 0.29) is 0 Å². The molecule has 0 amide bonds. The van der Waals surface area contributed by atoms with Crippen LogP contribution in [0.4, 0.5) is 0 Å². The average molecular weight is 337 g/mol. The molecule has 1 aromatic rings. The first kappa shape index (κ1) is 21.7. The highest BCUT2D eigenvalue weighted by Crippen LogP contribution is 2.25. The van der Waals surface area contributed by atoms with Crippen LogP contribution < -0.4 is 10.1 Å². The highest BCUT2D eigenvalue weighted by molar-refractivity contribution is 6.27. The molecular weight excluding hydrogens is 310 g/mol. The fourth-order valence-electron chi connectivity index (χ4n) is 1.83. The molecule has 0 bridgehead atoms. The second kappa shape index (κ2) is 13.1. The first-order valence-electron chi connectivity index (χ1n) is 7.89. The van der Waals surface area contributed by atoms with Crippen LogP contribution in [0.1, 0.15) is 38.2 Å². The quantitative estimate of drug-likeness (QED) is 0.364. The molecule has 0 radical (unpaired) electrons. The SMILES string of the molecule is C=CCNCCCCOc1ccccc1C(C)C.O=C(O)C(=O)O. The summed E-state index contributed by atoms with van der Waals surface area (Å²) in [7, 11) is 0. The van der Waals surface area contributed by atoms with Gasteiger partial charge < -0.3 is 20.3 Å². The molecule has 0 atom stereocenters. The summed E-state index contributed by atoms with van der Waals surface area (Å²) in [5.41, 5.74) is 1.29. The van der Waals surface area contributed by atoms with E-state index < -0.39 is 11.9 Å². The predicted molar refractivity (Wildman–Crippen MR) is 93.6 cm³/mol. The van der Waals surface area contributed by atoms with Gasteiger partial charge in [0.2, 0.25) is 0 Å². The molecule has 134 valence electrons. The molecule has 0 saturated heterocycles. The molecule has 0 fully saturated rings. The van der Waals surface area contributed by atoms with Crippen molar-refractivity contribution in [3.05, 3.63) is 42.5 Å². The Balaban J connectivity index is 0.000000754. The summed E-state index contributed by atoms with van der Waals surface area (Å²) in [5.74, 6) is -2.10. The Hall–Kier alpha value is -2.34. The van der Waals surface area contributed by atoms with Gasteiger partial charge in [-0.3, -0.25) is 0 Å². The number of unbranched alkanes of at least 4 members (excludes halogenated alkanes) is 1. The summed E-state index contributed by atoms with van der Waals surface area (Å²) in [4.78, 5) is 18.2. The van der Waals surface area contributed by atoms with Crippen molar-refractivity contribution >= 4 is 11.9 Å². The molecule has 1 rings (SSSR count). The number of hydrogen-bond acceptors (Lipinski definition) is 4. The van der Waals surface area contributed by atoms with Crippen molar-refractivity contribution in [1.29, 1.82) is 0 Å². The number of hydrogen-bond donors (Lipinski definition) is 3. The van der Waals surface area contributed by atoms with E-state index in [1.54, 1.807) is 0 Å². The topological polar surface area (TPSA) is 95.9 Å². The Morgan fingerprint density at radius 3 is 2.38 bits per heavy atom. The number of rotatable bonds is 9. The van der Waals surface area contributed by atoms with Gasteiger partial charge in [0, 0.05) is 6.54 Å². The second-order valence-electron chi connectivity index (χ2n) is 5.35. The van der Waals surface area contributed by atoms with E-state index in [2.05, 4.69) is 43.9 Å². The maximum Gasteiger partial charge on any atom is 0.414 e. The first-order valence-corrected chi connectivity index (χ1v) is 7.89. The van der Waals surface area contributed by atoms with Crippen molar-refractivity contribution in [2.75, 3.05) is 19.7 Å². The Morgan fingerprint density at radius 1 is 1.21 bits per heavy atom. The van der Waals surface area contributed by atoms with Gasteiger partial charge in [0.05, 0.1) is 6.61 Å². The van der Waals surface area contributed by atoms with Gasteiger partial charge in [-0.2, -0.15) is 0 Å². The zero-order chi connectivity index (χ0) is 18.4. The van der Waals surface area contributed by atoms with E-state index in [1.807, 2.05) is 12.1 Å². The van der Waals surface area contributed by atoms with E-state index in [0.29, 0.717) is 5.92 Å². The minimum Gasteiger partial charge on any atom is -0.493 e. The summed E-state index contributed by atoms with van der Waals surface area (Å²) in [6.45, 7) is 10.8. The third-order valence-electron chi connectivity index (χ3n) is 3.02. The third kappa shape index (κ3) is 10.4. The fourth-order valence-corrected chi connectivity index (χ4v) is 1.83. The first-order chi connectivity index (χ1) is 11.4. The lowest BCUT2D eigenvalue weighted by Gasteiger charge is -2.13. The van der Waals surface area contributed by atoms with Gasteiger partial charge in [-0.05, 0) is 36.9 Å². The molecule has 3 N–H and O–H groups in total. The van der Waals surface area contributed by atoms with Crippen LogP contribution in [0, 0.1) is 0 Å². The number of carboxylic acids is 2. The minimum atomic E-state index is -1.82. The normalized spacial score (nSPS) is 9.79. The molecule has 0 unspecified atom stereocenters. The molecule has 0 aliphatic heterocycles. The van der Waals surface area contributed by atoms with Crippen LogP contribution in [0.15, 0.2) is 36.9 Å². The molecule has 0 aromatic heterocycles. The van der Waals surface area contributed by atoms with Crippen LogP contribution in [0.3, 0.4) is 0 Å². The lowest BCUT2D eigenvalue weighted by atomic mass is 10.0. The zero-order valence-corrected chi connectivity index (χ0v) is 14.3. The Bertz CT molecular complexity index is 502. The van der Waals surface area contributed by atoms with E-state index in [9.17, 15) is 0 Å². The number of benzene rings is 1. The van der Waals surface area contributed by atoms with Gasteiger partial charge in [-0.25, -0.2) is 9.59 Å². The maximum atomic E-state index is 9.10. The lowest BCUT2D eigenvalue weighted by Crippen LogP contribution is -2.15. The summed E-state index contributed by atoms with van der Waals surface area (Å²) >= 11 is 0. The number of carbonyl (C=O) groups is 2. The monoisotopic (exact) mass is 337 g/mol. The Morgan fingerprint density at radius 2 is 1.83 bits per heavy atom. The molecule has 0 spiro atoms. The van der Waals surface area contributed by atoms with Gasteiger partial charge >= 0.3 is 11.9 Å².